The van der Waals surface area contributed by atoms with Crippen LogP contribution in [0, 0.1) is 28.6 Å². The normalized spacial score (nSPS) is 45.2. The van der Waals surface area contributed by atoms with E-state index in [9.17, 15) is 24.4 Å². The third-order valence-corrected chi connectivity index (χ3v) is 9.48. The van der Waals surface area contributed by atoms with Crippen molar-refractivity contribution in [1.82, 2.24) is 0 Å². The molecule has 0 spiro atoms. The number of rotatable bonds is 4. The number of carbonyl (C=O) groups is 2. The molecule has 4 aliphatic carbocycles. The summed E-state index contributed by atoms with van der Waals surface area (Å²) in [6.45, 7) is 4.00. The minimum atomic E-state index is -4.93. The second kappa shape index (κ2) is 9.83. The number of Topliss-reactive ketones (excluding diaryl/α,β-unsaturated/α-hetero) is 1. The second-order valence-corrected chi connectivity index (χ2v) is 11.6. The summed E-state index contributed by atoms with van der Waals surface area (Å²) in [5.41, 5.74) is -5.88. The van der Waals surface area contributed by atoms with E-state index in [1.807, 2.05) is 0 Å². The van der Waals surface area contributed by atoms with Crippen molar-refractivity contribution in [3.8, 4) is 0 Å². The van der Waals surface area contributed by atoms with Crippen LogP contribution in [0.3, 0.4) is 0 Å². The van der Waals surface area contributed by atoms with Gasteiger partial charge in [0.25, 0.3) is 0 Å². The largest absolute Gasteiger partial charge is 0.470 e. The van der Waals surface area contributed by atoms with Crippen molar-refractivity contribution in [3.05, 3.63) is 23.8 Å². The van der Waals surface area contributed by atoms with Gasteiger partial charge in [0.05, 0.1) is 6.10 Å². The molecule has 0 bridgehead atoms. The summed E-state index contributed by atoms with van der Waals surface area (Å²) >= 11 is 0. The molecule has 8 nitrogen and oxygen atoms in total. The van der Waals surface area contributed by atoms with Gasteiger partial charge in [-0.15, -0.1) is 0 Å². The Kier molecular flexibility index (Phi) is 8.96. The number of phosphoric acid groups is 1. The molecule has 34 heavy (non-hydrogen) atoms. The molecule has 4 N–H and O–H groups in total. The van der Waals surface area contributed by atoms with Gasteiger partial charge in [0.1, 0.15) is 12.2 Å². The Hall–Kier alpha value is 0.780. The molecular weight excluding hydrogens is 488 g/mol. The molecule has 0 heterocycles. The third kappa shape index (κ3) is 4.20. The van der Waals surface area contributed by atoms with Crippen LogP contribution < -0.4 is 0 Å². The van der Waals surface area contributed by atoms with Gasteiger partial charge in [-0.2, -0.15) is 0 Å². The molecule has 0 amide bonds. The molecule has 4 rings (SSSR count). The first-order valence-corrected chi connectivity index (χ1v) is 12.4. The van der Waals surface area contributed by atoms with Crippen LogP contribution in [0.25, 0.3) is 0 Å². The maximum atomic E-state index is 17.0. The SMILES string of the molecule is C[C@H]1C[C@H]2[C@@H]3CCC4=CC(=O)C=C[C@]4(C)[C@@]3(F)[C@@H](O)C[C@]2(C)[C@@]1(O)C(=O)COP(=O)(O)O.[Na].[Na]. The van der Waals surface area contributed by atoms with Crippen LogP contribution in [-0.2, 0) is 18.7 Å². The van der Waals surface area contributed by atoms with Gasteiger partial charge in [-0.1, -0.05) is 25.5 Å². The van der Waals surface area contributed by atoms with Gasteiger partial charge in [0.2, 0.25) is 0 Å². The zero-order chi connectivity index (χ0) is 23.9. The standard InChI is InChI=1S/C22H30FO8P.2Na/c1-12-8-16-15-5-4-13-9-14(24)6-7-19(13,2)21(15,23)17(25)10-20(16,3)22(12,27)18(26)11-31-32(28,29)30;;/h6-7,9,12,15-17,25,27H,4-5,8,10-11H2,1-3H3,(H2,28,29,30);;/t12-,15-,16-,17-,19-,20-,21-,22-;;/m0../s1. The molecule has 2 radical (unpaired) electrons. The summed E-state index contributed by atoms with van der Waals surface area (Å²) < 4.78 is 32.5. The molecule has 0 aromatic heterocycles. The molecule has 3 fully saturated rings. The Morgan fingerprint density at radius 2 is 1.88 bits per heavy atom. The van der Waals surface area contributed by atoms with Crippen LogP contribution in [0.15, 0.2) is 23.8 Å². The quantitative estimate of drug-likeness (QED) is 0.322. The van der Waals surface area contributed by atoms with Gasteiger partial charge in [0.15, 0.2) is 17.2 Å². The number of aliphatic hydroxyl groups excluding tert-OH is 1. The second-order valence-electron chi connectivity index (χ2n) is 10.4. The van der Waals surface area contributed by atoms with E-state index >= 15 is 4.39 Å². The Bertz CT molecular complexity index is 984. The van der Waals surface area contributed by atoms with Crippen molar-refractivity contribution in [2.45, 2.75) is 63.8 Å². The fraction of sp³-hybridized carbons (Fsp3) is 0.727. The first kappa shape index (κ1) is 31.0. The number of allylic oxidation sites excluding steroid dienone is 4. The predicted molar refractivity (Wildman–Crippen MR) is 122 cm³/mol. The van der Waals surface area contributed by atoms with Gasteiger partial charge in [-0.25, -0.2) is 8.96 Å². The molecule has 4 aliphatic rings. The summed E-state index contributed by atoms with van der Waals surface area (Å²) in [5, 5.41) is 22.8. The van der Waals surface area contributed by atoms with Crippen LogP contribution in [0.5, 0.6) is 0 Å². The topological polar surface area (TPSA) is 141 Å². The van der Waals surface area contributed by atoms with Crippen molar-refractivity contribution in [1.29, 1.82) is 0 Å². The van der Waals surface area contributed by atoms with Gasteiger partial charge in [0, 0.05) is 75.9 Å². The summed E-state index contributed by atoms with van der Waals surface area (Å²) in [6.07, 6.45) is 3.70. The molecule has 0 saturated heterocycles. The predicted octanol–water partition coefficient (Wildman–Crippen LogP) is 1.25. The smallest absolute Gasteiger partial charge is 0.390 e. The van der Waals surface area contributed by atoms with E-state index in [1.54, 1.807) is 20.8 Å². The Morgan fingerprint density at radius 3 is 2.47 bits per heavy atom. The van der Waals surface area contributed by atoms with Crippen LogP contribution in [0.1, 0.15) is 46.5 Å². The van der Waals surface area contributed by atoms with Gasteiger partial charge in [-0.3, -0.25) is 14.1 Å². The number of ketones is 2. The van der Waals surface area contributed by atoms with Gasteiger partial charge in [-0.05, 0) is 56.6 Å². The number of carbonyl (C=O) groups excluding carboxylic acids is 2. The number of aliphatic hydroxyl groups is 2. The van der Waals surface area contributed by atoms with Crippen LogP contribution in [0.4, 0.5) is 4.39 Å². The van der Waals surface area contributed by atoms with Crippen molar-refractivity contribution in [2.24, 2.45) is 28.6 Å². The van der Waals surface area contributed by atoms with Crippen molar-refractivity contribution in [2.75, 3.05) is 6.61 Å². The summed E-state index contributed by atoms with van der Waals surface area (Å²) in [7, 11) is -4.93. The molecule has 0 aromatic rings. The Balaban J connectivity index is 0.00000204. The average molecular weight is 518 g/mol. The zero-order valence-electron chi connectivity index (χ0n) is 20.3. The maximum Gasteiger partial charge on any atom is 0.470 e. The monoisotopic (exact) mass is 518 g/mol. The number of hydrogen-bond acceptors (Lipinski definition) is 6. The summed E-state index contributed by atoms with van der Waals surface area (Å²) in [4.78, 5) is 42.8. The molecule has 8 atom stereocenters. The number of hydrogen-bond donors (Lipinski definition) is 4. The van der Waals surface area contributed by atoms with Gasteiger partial charge >= 0.3 is 7.82 Å². The van der Waals surface area contributed by atoms with Crippen molar-refractivity contribution >= 4 is 78.5 Å². The Morgan fingerprint density at radius 1 is 1.26 bits per heavy atom. The van der Waals surface area contributed by atoms with E-state index < -0.39 is 66.2 Å². The number of fused-ring (bicyclic) bond motifs is 5. The maximum absolute atomic E-state index is 17.0. The molecular formula is C22H30FNa2O8P. The molecule has 3 saturated carbocycles. The number of phosphoric ester groups is 1. The fourth-order valence-electron chi connectivity index (χ4n) is 7.39. The third-order valence-electron chi connectivity index (χ3n) is 9.01. The average Bonchev–Trinajstić information content (AvgIpc) is 2.89. The van der Waals surface area contributed by atoms with E-state index in [0.29, 0.717) is 24.8 Å². The van der Waals surface area contributed by atoms with Crippen molar-refractivity contribution < 1.29 is 43.1 Å². The number of halogens is 1. The van der Waals surface area contributed by atoms with E-state index in [0.717, 1.165) is 0 Å². The first-order valence-electron chi connectivity index (χ1n) is 10.9. The molecule has 0 aromatic carbocycles. The van der Waals surface area contributed by atoms with E-state index in [2.05, 4.69) is 4.52 Å². The van der Waals surface area contributed by atoms with Gasteiger partial charge < -0.3 is 20.0 Å². The van der Waals surface area contributed by atoms with E-state index in [4.69, 9.17) is 9.79 Å². The molecule has 180 valence electrons. The Labute approximate surface area is 242 Å². The molecule has 12 heteroatoms. The summed E-state index contributed by atoms with van der Waals surface area (Å²) in [6, 6.07) is 0. The van der Waals surface area contributed by atoms with Crippen molar-refractivity contribution in [3.63, 3.8) is 0 Å². The van der Waals surface area contributed by atoms with E-state index in [-0.39, 0.29) is 71.3 Å². The zero-order valence-corrected chi connectivity index (χ0v) is 25.2. The molecule has 0 aliphatic heterocycles. The minimum Gasteiger partial charge on any atom is -0.390 e. The van der Waals surface area contributed by atoms with Crippen LogP contribution in [-0.4, -0.2) is 115 Å². The van der Waals surface area contributed by atoms with Crippen LogP contribution in [0.2, 0.25) is 0 Å². The fourth-order valence-corrected chi connectivity index (χ4v) is 7.68. The first-order chi connectivity index (χ1) is 14.6. The molecule has 0 unspecified atom stereocenters. The van der Waals surface area contributed by atoms with Crippen LogP contribution >= 0.6 is 7.82 Å². The minimum absolute atomic E-state index is 0. The summed E-state index contributed by atoms with van der Waals surface area (Å²) in [5.74, 6) is -2.87. The van der Waals surface area contributed by atoms with E-state index in [1.165, 1.54) is 18.2 Å². The number of alkyl halides is 1.